The van der Waals surface area contributed by atoms with Gasteiger partial charge >= 0.3 is 5.97 Å². The molecule has 4 heterocycles. The van der Waals surface area contributed by atoms with Gasteiger partial charge in [-0.25, -0.2) is 9.37 Å². The van der Waals surface area contributed by atoms with E-state index in [4.69, 9.17) is 14.5 Å². The summed E-state index contributed by atoms with van der Waals surface area (Å²) >= 11 is 1.50. The molecule has 0 radical (unpaired) electrons. The first-order valence-electron chi connectivity index (χ1n) is 15.2. The lowest BCUT2D eigenvalue weighted by Crippen LogP contribution is -2.41. The van der Waals surface area contributed by atoms with Crippen LogP contribution in [0.4, 0.5) is 9.52 Å². The number of carboxylic acid groups (broad SMARTS) is 1. The number of nitrogens with zero attached hydrogens (tertiary/aromatic N) is 3. The van der Waals surface area contributed by atoms with E-state index in [-0.39, 0.29) is 11.7 Å². The van der Waals surface area contributed by atoms with Crippen molar-refractivity contribution >= 4 is 22.4 Å². The summed E-state index contributed by atoms with van der Waals surface area (Å²) in [5, 5.41) is 12.1. The number of anilines is 1. The highest BCUT2D eigenvalue weighted by molar-refractivity contribution is 7.14. The van der Waals surface area contributed by atoms with E-state index in [0.717, 1.165) is 61.8 Å². The summed E-state index contributed by atoms with van der Waals surface area (Å²) in [6, 6.07) is 10.3. The van der Waals surface area contributed by atoms with Crippen LogP contribution in [-0.4, -0.2) is 66.4 Å². The van der Waals surface area contributed by atoms with Crippen molar-refractivity contribution in [3.63, 3.8) is 0 Å². The summed E-state index contributed by atoms with van der Waals surface area (Å²) in [5.74, 6) is -0.269. The van der Waals surface area contributed by atoms with Crippen LogP contribution in [0.25, 0.3) is 11.3 Å². The van der Waals surface area contributed by atoms with Crippen molar-refractivity contribution in [2.45, 2.75) is 64.5 Å². The predicted molar refractivity (Wildman–Crippen MR) is 163 cm³/mol. The fourth-order valence-electron chi connectivity index (χ4n) is 6.73. The van der Waals surface area contributed by atoms with E-state index in [9.17, 15) is 14.3 Å². The third kappa shape index (κ3) is 6.33. The van der Waals surface area contributed by atoms with Gasteiger partial charge in [0.05, 0.1) is 11.6 Å². The number of ether oxygens (including phenoxy) is 2. The Hall–Kier alpha value is -3.01. The standard InChI is InChI=1S/C33H40FN3O4S/c1-21-15-26(34)17-29(30-20-42-33(35-30)36-10-6-25(7-11-36)32(38)39)31(21)41-19-23-3-4-24-5-12-37(18-22(2)28(24)16-23)27-8-13-40-14-9-27/h3-4,15-17,20,22,25,27H,5-14,18-19H2,1-2H3,(H,38,39)/t22-/m1/s1. The van der Waals surface area contributed by atoms with E-state index in [1.54, 1.807) is 0 Å². The van der Waals surface area contributed by atoms with E-state index in [1.165, 1.54) is 34.6 Å². The minimum absolute atomic E-state index is 0.298. The molecule has 0 saturated carbocycles. The number of piperidine rings is 1. The first kappa shape index (κ1) is 29.1. The van der Waals surface area contributed by atoms with E-state index in [2.05, 4.69) is 34.9 Å². The fraction of sp³-hybridized carbons (Fsp3) is 0.515. The molecule has 2 aromatic carbocycles. The Morgan fingerprint density at radius 1 is 1.14 bits per heavy atom. The maximum Gasteiger partial charge on any atom is 0.306 e. The van der Waals surface area contributed by atoms with Crippen molar-refractivity contribution in [1.29, 1.82) is 0 Å². The normalized spacial score (nSPS) is 20.7. The molecule has 0 aliphatic carbocycles. The van der Waals surface area contributed by atoms with Crippen molar-refractivity contribution in [2.24, 2.45) is 5.92 Å². The first-order chi connectivity index (χ1) is 20.4. The summed E-state index contributed by atoms with van der Waals surface area (Å²) in [6.07, 6.45) is 4.49. The van der Waals surface area contributed by atoms with Crippen LogP contribution in [0.1, 0.15) is 60.8 Å². The van der Waals surface area contributed by atoms with Gasteiger partial charge in [0.1, 0.15) is 18.2 Å². The van der Waals surface area contributed by atoms with Crippen molar-refractivity contribution < 1.29 is 23.8 Å². The second kappa shape index (κ2) is 12.7. The average molecular weight is 594 g/mol. The molecular weight excluding hydrogens is 553 g/mol. The van der Waals surface area contributed by atoms with Gasteiger partial charge in [0.2, 0.25) is 0 Å². The largest absolute Gasteiger partial charge is 0.488 e. The molecular formula is C33H40FN3O4S. The smallest absolute Gasteiger partial charge is 0.306 e. The van der Waals surface area contributed by atoms with Gasteiger partial charge in [-0.15, -0.1) is 11.3 Å². The van der Waals surface area contributed by atoms with E-state index in [0.29, 0.717) is 61.5 Å². The lowest BCUT2D eigenvalue weighted by Gasteiger charge is -2.34. The number of aryl methyl sites for hydroxylation is 1. The number of hydrogen-bond donors (Lipinski definition) is 1. The first-order valence-corrected chi connectivity index (χ1v) is 16.0. The molecule has 0 bridgehead atoms. The molecule has 1 aromatic heterocycles. The van der Waals surface area contributed by atoms with Crippen molar-refractivity contribution in [3.05, 3.63) is 63.8 Å². The molecule has 1 N–H and O–H groups in total. The Morgan fingerprint density at radius 3 is 2.69 bits per heavy atom. The summed E-state index contributed by atoms with van der Waals surface area (Å²) in [6.45, 7) is 9.77. The summed E-state index contributed by atoms with van der Waals surface area (Å²) in [7, 11) is 0. The van der Waals surface area contributed by atoms with Crippen LogP contribution >= 0.6 is 11.3 Å². The van der Waals surface area contributed by atoms with Crippen molar-refractivity contribution in [1.82, 2.24) is 9.88 Å². The maximum absolute atomic E-state index is 14.6. The number of rotatable bonds is 7. The van der Waals surface area contributed by atoms with Crippen LogP contribution in [0.3, 0.4) is 0 Å². The molecule has 3 aliphatic heterocycles. The molecule has 1 atom stereocenters. The molecule has 2 fully saturated rings. The lowest BCUT2D eigenvalue weighted by molar-refractivity contribution is -0.142. The Labute approximate surface area is 251 Å². The predicted octanol–water partition coefficient (Wildman–Crippen LogP) is 6.28. The molecule has 3 aliphatic rings. The van der Waals surface area contributed by atoms with Gasteiger partial charge in [0.25, 0.3) is 0 Å². The Bertz CT molecular complexity index is 1410. The van der Waals surface area contributed by atoms with Gasteiger partial charge in [-0.05, 0) is 79.3 Å². The molecule has 0 spiro atoms. The number of benzene rings is 2. The summed E-state index contributed by atoms with van der Waals surface area (Å²) in [5.41, 5.74) is 5.98. The van der Waals surface area contributed by atoms with Gasteiger partial charge in [0, 0.05) is 56.4 Å². The molecule has 224 valence electrons. The summed E-state index contributed by atoms with van der Waals surface area (Å²) in [4.78, 5) is 21.0. The highest BCUT2D eigenvalue weighted by Crippen LogP contribution is 2.38. The summed E-state index contributed by atoms with van der Waals surface area (Å²) < 4.78 is 26.6. The fourth-order valence-corrected chi connectivity index (χ4v) is 7.61. The van der Waals surface area contributed by atoms with Gasteiger partial charge in [-0.2, -0.15) is 0 Å². The Morgan fingerprint density at radius 2 is 1.93 bits per heavy atom. The van der Waals surface area contributed by atoms with Crippen LogP contribution in [0.5, 0.6) is 5.75 Å². The quantitative estimate of drug-likeness (QED) is 0.346. The number of carboxylic acids is 1. The van der Waals surface area contributed by atoms with Gasteiger partial charge in [-0.3, -0.25) is 9.69 Å². The Balaban J connectivity index is 1.17. The number of hydrogen-bond acceptors (Lipinski definition) is 7. The van der Waals surface area contributed by atoms with Gasteiger partial charge < -0.3 is 19.5 Å². The van der Waals surface area contributed by atoms with Crippen LogP contribution in [-0.2, 0) is 22.6 Å². The highest BCUT2D eigenvalue weighted by Gasteiger charge is 2.28. The molecule has 7 nitrogen and oxygen atoms in total. The number of aromatic nitrogens is 1. The Kier molecular flexibility index (Phi) is 8.79. The molecule has 42 heavy (non-hydrogen) atoms. The van der Waals surface area contributed by atoms with E-state index < -0.39 is 5.97 Å². The SMILES string of the molecule is Cc1cc(F)cc(-c2csc(N3CCC(C(=O)O)CC3)n2)c1OCc1ccc2c(c1)[C@H](C)CN(C1CCOCC1)CC2. The molecule has 0 amide bonds. The number of thiazole rings is 1. The minimum Gasteiger partial charge on any atom is -0.488 e. The van der Waals surface area contributed by atoms with Crippen molar-refractivity contribution in [2.75, 3.05) is 44.3 Å². The third-order valence-electron chi connectivity index (χ3n) is 9.13. The molecule has 6 rings (SSSR count). The number of carbonyl (C=O) groups is 1. The second-order valence-corrected chi connectivity index (χ2v) is 12.9. The second-order valence-electron chi connectivity index (χ2n) is 12.0. The van der Waals surface area contributed by atoms with Gasteiger partial charge in [-0.1, -0.05) is 25.1 Å². The monoisotopic (exact) mass is 593 g/mol. The third-order valence-corrected chi connectivity index (χ3v) is 10.0. The van der Waals surface area contributed by atoms with Gasteiger partial charge in [0.15, 0.2) is 5.13 Å². The van der Waals surface area contributed by atoms with Crippen LogP contribution in [0.2, 0.25) is 0 Å². The zero-order valence-electron chi connectivity index (χ0n) is 24.5. The molecule has 0 unspecified atom stereocenters. The average Bonchev–Trinajstić information content (AvgIpc) is 3.43. The number of halogens is 1. The van der Waals surface area contributed by atoms with Crippen LogP contribution in [0.15, 0.2) is 35.7 Å². The highest BCUT2D eigenvalue weighted by atomic mass is 32.1. The molecule has 3 aromatic rings. The minimum atomic E-state index is -0.729. The number of aliphatic carboxylic acids is 1. The van der Waals surface area contributed by atoms with Crippen molar-refractivity contribution in [3.8, 4) is 17.0 Å². The van der Waals surface area contributed by atoms with Crippen LogP contribution in [0, 0.1) is 18.7 Å². The van der Waals surface area contributed by atoms with Crippen LogP contribution < -0.4 is 9.64 Å². The van der Waals surface area contributed by atoms with E-state index in [1.807, 2.05) is 12.3 Å². The molecule has 2 saturated heterocycles. The number of fused-ring (bicyclic) bond motifs is 1. The topological polar surface area (TPSA) is 75.1 Å². The zero-order chi connectivity index (χ0) is 29.2. The maximum atomic E-state index is 14.6. The zero-order valence-corrected chi connectivity index (χ0v) is 25.3. The lowest BCUT2D eigenvalue weighted by atomic mass is 9.93. The molecule has 9 heteroatoms. The van der Waals surface area contributed by atoms with E-state index >= 15 is 0 Å².